The molecule has 0 amide bonds. The van der Waals surface area contributed by atoms with Gasteiger partial charge in [-0.25, -0.2) is 0 Å². The monoisotopic (exact) mass is 137 g/mol. The van der Waals surface area contributed by atoms with Crippen LogP contribution >= 0.6 is 0 Å². The molecule has 4 N–H and O–H groups in total. The van der Waals surface area contributed by atoms with Crippen LogP contribution in [0.1, 0.15) is 0 Å². The van der Waals surface area contributed by atoms with E-state index < -0.39 is 11.0 Å². The molecule has 6 heavy (non-hydrogen) atoms. The van der Waals surface area contributed by atoms with Crippen molar-refractivity contribution in [2.24, 2.45) is 0 Å². The van der Waals surface area contributed by atoms with Crippen molar-refractivity contribution in [3.05, 3.63) is 0 Å². The molecule has 0 saturated carbocycles. The molecule has 0 aromatic heterocycles. The average molecular weight is 137 g/mol. The zero-order chi connectivity index (χ0) is 3.58. The van der Waals surface area contributed by atoms with E-state index in [9.17, 15) is 0 Å². The van der Waals surface area contributed by atoms with E-state index in [1.807, 2.05) is 0 Å². The van der Waals surface area contributed by atoms with Crippen LogP contribution in [0.5, 0.6) is 0 Å². The van der Waals surface area contributed by atoms with Crippen LogP contribution in [0.4, 0.5) is 0 Å². The Bertz CT molecular complexity index is 59.2. The quantitative estimate of drug-likeness (QED) is 0.160. The maximum atomic E-state index is 8.56. The minimum atomic E-state index is -2.86. The smallest absolute Gasteiger partial charge is 0.439 e. The van der Waals surface area contributed by atoms with Gasteiger partial charge >= 0.3 is 51.4 Å². The van der Waals surface area contributed by atoms with Gasteiger partial charge in [-0.2, -0.15) is 0 Å². The third-order valence-electron chi connectivity index (χ3n) is 0. The predicted molar refractivity (Wildman–Crippen MR) is 16.4 cm³/mol. The van der Waals surface area contributed by atoms with E-state index in [0.29, 0.717) is 0 Å². The van der Waals surface area contributed by atoms with Crippen LogP contribution in [0.15, 0.2) is 0 Å². The normalized spacial score (nSPS) is 5.67. The summed E-state index contributed by atoms with van der Waals surface area (Å²) in [6.45, 7) is 0. The van der Waals surface area contributed by atoms with Crippen molar-refractivity contribution in [2.75, 3.05) is 0 Å². The summed E-state index contributed by atoms with van der Waals surface area (Å²) in [5, 5.41) is 0. The molecule has 0 aliphatic carbocycles. The van der Waals surface area contributed by atoms with Gasteiger partial charge < -0.3 is 19.1 Å². The molecular formula is H4KNO3S. The van der Waals surface area contributed by atoms with E-state index in [4.69, 9.17) is 13.0 Å². The zero-order valence-corrected chi connectivity index (χ0v) is 7.32. The Balaban J connectivity index is -0.0000000450. The van der Waals surface area contributed by atoms with Gasteiger partial charge in [-0.05, 0) is 0 Å². The fourth-order valence-corrected chi connectivity index (χ4v) is 0. The molecule has 0 fully saturated rings. The van der Waals surface area contributed by atoms with E-state index in [-0.39, 0.29) is 57.5 Å². The molecule has 34 valence electrons. The van der Waals surface area contributed by atoms with Gasteiger partial charge in [-0.15, -0.1) is 0 Å². The van der Waals surface area contributed by atoms with Crippen molar-refractivity contribution in [1.82, 2.24) is 6.15 Å². The molecule has 0 saturated heterocycles. The SMILES string of the molecule is N.O=[S-](=O)O.[K+]. The molecule has 0 spiro atoms. The molecule has 0 rings (SSSR count). The van der Waals surface area contributed by atoms with Crippen LogP contribution in [0.3, 0.4) is 0 Å². The summed E-state index contributed by atoms with van der Waals surface area (Å²) in [6, 6.07) is 0. The largest absolute Gasteiger partial charge is 1.00 e. The zero-order valence-electron chi connectivity index (χ0n) is 3.38. The van der Waals surface area contributed by atoms with Gasteiger partial charge in [0.15, 0.2) is 0 Å². The van der Waals surface area contributed by atoms with Crippen molar-refractivity contribution in [3.8, 4) is 0 Å². The second kappa shape index (κ2) is 9.71. The summed E-state index contributed by atoms with van der Waals surface area (Å²) in [6.07, 6.45) is 0. The maximum Gasteiger partial charge on any atom is 1.00 e. The summed E-state index contributed by atoms with van der Waals surface area (Å²) < 4.78 is 24.1. The van der Waals surface area contributed by atoms with Gasteiger partial charge in [0, 0.05) is 11.0 Å². The van der Waals surface area contributed by atoms with Gasteiger partial charge in [0.1, 0.15) is 0 Å². The molecule has 4 nitrogen and oxygen atoms in total. The molecule has 6 heteroatoms. The summed E-state index contributed by atoms with van der Waals surface area (Å²) in [4.78, 5) is 0. The molecule has 0 atom stereocenters. The van der Waals surface area contributed by atoms with E-state index in [1.54, 1.807) is 0 Å². The van der Waals surface area contributed by atoms with Gasteiger partial charge in [-0.3, -0.25) is 0 Å². The second-order valence-corrected chi connectivity index (χ2v) is 0.651. The molecule has 0 bridgehead atoms. The van der Waals surface area contributed by atoms with Crippen LogP contribution in [0.2, 0.25) is 0 Å². The molecule has 0 aliphatic rings. The molecule has 0 aliphatic heterocycles. The Kier molecular flexibility index (Phi) is 25.3. The maximum absolute atomic E-state index is 8.56. The molecule has 0 unspecified atom stereocenters. The number of hydrogen-bond acceptors (Lipinski definition) is 4. The Morgan fingerprint density at radius 3 is 1.33 bits per heavy atom. The topological polar surface area (TPSA) is 89.4 Å². The molecule has 0 radical (unpaired) electrons. The minimum Gasteiger partial charge on any atom is -0.439 e. The standard InChI is InChI=1S/K.H3N.HO3S/c;;1-4(2)3/h;1H3;(H,1,2,3)/q+1;;-1. The van der Waals surface area contributed by atoms with E-state index in [0.717, 1.165) is 0 Å². The summed E-state index contributed by atoms with van der Waals surface area (Å²) in [5.41, 5.74) is 0. The summed E-state index contributed by atoms with van der Waals surface area (Å²) >= 11 is 0. The van der Waals surface area contributed by atoms with Gasteiger partial charge in [-0.1, -0.05) is 0 Å². The molecule has 0 aromatic carbocycles. The Morgan fingerprint density at radius 2 is 1.33 bits per heavy atom. The summed E-state index contributed by atoms with van der Waals surface area (Å²) in [7, 11) is -2.86. The van der Waals surface area contributed by atoms with Gasteiger partial charge in [0.05, 0.1) is 0 Å². The fourth-order valence-electron chi connectivity index (χ4n) is 0. The van der Waals surface area contributed by atoms with Crippen LogP contribution in [0.25, 0.3) is 0 Å². The minimum absolute atomic E-state index is 0. The Labute approximate surface area is 80.1 Å². The number of hydrogen-bond donors (Lipinski definition) is 2. The third-order valence-corrected chi connectivity index (χ3v) is 0. The average Bonchev–Trinajstić information content (AvgIpc) is 0.811. The van der Waals surface area contributed by atoms with Crippen LogP contribution in [-0.4, -0.2) is 4.55 Å². The van der Waals surface area contributed by atoms with Crippen molar-refractivity contribution in [1.29, 1.82) is 0 Å². The summed E-state index contributed by atoms with van der Waals surface area (Å²) in [5.74, 6) is 0. The van der Waals surface area contributed by atoms with E-state index in [2.05, 4.69) is 0 Å². The van der Waals surface area contributed by atoms with E-state index in [1.165, 1.54) is 0 Å². The van der Waals surface area contributed by atoms with Crippen molar-refractivity contribution in [2.45, 2.75) is 0 Å². The molecule has 0 heterocycles. The fraction of sp³-hybridized carbons (Fsp3) is 0. The number of rotatable bonds is 0. The Hall–Kier alpha value is 1.51. The first-order valence-electron chi connectivity index (χ1n) is 0.516. The first-order valence-corrected chi connectivity index (χ1v) is 1.55. The van der Waals surface area contributed by atoms with E-state index >= 15 is 0 Å². The van der Waals surface area contributed by atoms with Gasteiger partial charge in [0.2, 0.25) is 0 Å². The van der Waals surface area contributed by atoms with Crippen LogP contribution < -0.4 is 57.5 Å². The predicted octanol–water partition coefficient (Wildman–Crippen LogP) is -3.07. The van der Waals surface area contributed by atoms with Gasteiger partial charge in [0.25, 0.3) is 0 Å². The Morgan fingerprint density at radius 1 is 1.33 bits per heavy atom. The van der Waals surface area contributed by atoms with Crippen LogP contribution in [-0.2, 0) is 19.4 Å². The first kappa shape index (κ1) is 15.6. The molecular weight excluding hydrogens is 133 g/mol. The molecule has 0 aromatic rings. The van der Waals surface area contributed by atoms with Crippen molar-refractivity contribution < 1.29 is 64.4 Å². The van der Waals surface area contributed by atoms with Crippen LogP contribution in [0, 0.1) is 0 Å². The van der Waals surface area contributed by atoms with Crippen molar-refractivity contribution in [3.63, 3.8) is 0 Å². The van der Waals surface area contributed by atoms with Crippen molar-refractivity contribution >= 4 is 11.0 Å². The second-order valence-electron chi connectivity index (χ2n) is 0.217. The first-order chi connectivity index (χ1) is 1.73. The third kappa shape index (κ3) is 49.3.